The highest BCUT2D eigenvalue weighted by Crippen LogP contribution is 2.26. The first-order chi connectivity index (χ1) is 16.3. The third-order valence-electron chi connectivity index (χ3n) is 5.75. The molecule has 0 saturated carbocycles. The molecular weight excluding hydrogens is 430 g/mol. The van der Waals surface area contributed by atoms with Gasteiger partial charge in [0.2, 0.25) is 0 Å². The van der Waals surface area contributed by atoms with Crippen molar-refractivity contribution >= 4 is 34.4 Å². The SMILES string of the molecule is Cc1nn(-c2ccccc2)c2ncc(NC(=O)c3ccc4c(c3)C(=O)N(CC(C)C)C4=O)cc12. The van der Waals surface area contributed by atoms with E-state index in [1.165, 1.54) is 11.0 Å². The predicted molar refractivity (Wildman–Crippen MR) is 128 cm³/mol. The molecule has 170 valence electrons. The summed E-state index contributed by atoms with van der Waals surface area (Å²) in [5.41, 5.74) is 3.76. The number of aryl methyl sites for hydroxylation is 1. The van der Waals surface area contributed by atoms with Crippen molar-refractivity contribution < 1.29 is 14.4 Å². The van der Waals surface area contributed by atoms with Gasteiger partial charge in [0, 0.05) is 17.5 Å². The van der Waals surface area contributed by atoms with Crippen molar-refractivity contribution in [1.29, 1.82) is 0 Å². The van der Waals surface area contributed by atoms with Crippen LogP contribution in [-0.2, 0) is 0 Å². The Morgan fingerprint density at radius 1 is 1.00 bits per heavy atom. The molecule has 0 spiro atoms. The quantitative estimate of drug-likeness (QED) is 0.456. The molecule has 4 aromatic rings. The number of rotatable bonds is 5. The lowest BCUT2D eigenvalue weighted by Gasteiger charge is -2.15. The molecule has 5 rings (SSSR count). The summed E-state index contributed by atoms with van der Waals surface area (Å²) in [7, 11) is 0. The van der Waals surface area contributed by atoms with Crippen molar-refractivity contribution in [1.82, 2.24) is 19.7 Å². The summed E-state index contributed by atoms with van der Waals surface area (Å²) < 4.78 is 1.77. The molecule has 34 heavy (non-hydrogen) atoms. The molecule has 8 nitrogen and oxygen atoms in total. The second-order valence-electron chi connectivity index (χ2n) is 8.76. The number of aromatic nitrogens is 3. The number of benzene rings is 2. The number of hydrogen-bond acceptors (Lipinski definition) is 5. The molecule has 2 aromatic carbocycles. The Bertz CT molecular complexity index is 1460. The van der Waals surface area contributed by atoms with Gasteiger partial charge < -0.3 is 5.32 Å². The van der Waals surface area contributed by atoms with Gasteiger partial charge in [0.05, 0.1) is 34.4 Å². The summed E-state index contributed by atoms with van der Waals surface area (Å²) in [5, 5.41) is 8.25. The number of carbonyl (C=O) groups is 3. The van der Waals surface area contributed by atoms with Gasteiger partial charge in [-0.15, -0.1) is 0 Å². The maximum Gasteiger partial charge on any atom is 0.261 e. The molecule has 3 heterocycles. The maximum atomic E-state index is 12.9. The first-order valence-corrected chi connectivity index (χ1v) is 11.1. The van der Waals surface area contributed by atoms with E-state index in [0.29, 0.717) is 29.0 Å². The summed E-state index contributed by atoms with van der Waals surface area (Å²) in [5.74, 6) is -0.918. The van der Waals surface area contributed by atoms with E-state index in [4.69, 9.17) is 0 Å². The van der Waals surface area contributed by atoms with Gasteiger partial charge in [-0.2, -0.15) is 5.10 Å². The minimum Gasteiger partial charge on any atom is -0.321 e. The van der Waals surface area contributed by atoms with Gasteiger partial charge in [0.15, 0.2) is 5.65 Å². The number of carbonyl (C=O) groups excluding carboxylic acids is 3. The average molecular weight is 454 g/mol. The molecule has 0 atom stereocenters. The Morgan fingerprint density at radius 2 is 1.74 bits per heavy atom. The maximum absolute atomic E-state index is 12.9. The normalized spacial score (nSPS) is 13.1. The highest BCUT2D eigenvalue weighted by molar-refractivity contribution is 6.22. The van der Waals surface area contributed by atoms with Crippen molar-refractivity contribution in [3.63, 3.8) is 0 Å². The fourth-order valence-corrected chi connectivity index (χ4v) is 4.13. The van der Waals surface area contributed by atoms with Crippen LogP contribution in [0.1, 0.15) is 50.6 Å². The van der Waals surface area contributed by atoms with Gasteiger partial charge in [-0.3, -0.25) is 19.3 Å². The third kappa shape index (κ3) is 3.63. The fourth-order valence-electron chi connectivity index (χ4n) is 4.13. The van der Waals surface area contributed by atoms with Gasteiger partial charge in [0.1, 0.15) is 0 Å². The molecule has 2 aromatic heterocycles. The summed E-state index contributed by atoms with van der Waals surface area (Å²) in [6, 6.07) is 16.1. The van der Waals surface area contributed by atoms with Crippen molar-refractivity contribution in [2.45, 2.75) is 20.8 Å². The second-order valence-corrected chi connectivity index (χ2v) is 8.76. The number of nitrogens with zero attached hydrogens (tertiary/aromatic N) is 4. The molecule has 1 N–H and O–H groups in total. The molecule has 0 saturated heterocycles. The van der Waals surface area contributed by atoms with Crippen LogP contribution in [-0.4, -0.2) is 43.9 Å². The number of fused-ring (bicyclic) bond motifs is 2. The molecule has 0 bridgehead atoms. The van der Waals surface area contributed by atoms with Crippen molar-refractivity contribution in [3.8, 4) is 5.69 Å². The molecule has 1 aliphatic rings. The monoisotopic (exact) mass is 453 g/mol. The average Bonchev–Trinajstić information content (AvgIpc) is 3.28. The Labute approximate surface area is 196 Å². The van der Waals surface area contributed by atoms with Crippen molar-refractivity contribution in [2.75, 3.05) is 11.9 Å². The number of hydrogen-bond donors (Lipinski definition) is 1. The predicted octanol–water partition coefficient (Wildman–Crippen LogP) is 4.23. The highest BCUT2D eigenvalue weighted by Gasteiger charge is 2.36. The van der Waals surface area contributed by atoms with Crippen LogP contribution >= 0.6 is 0 Å². The van der Waals surface area contributed by atoms with E-state index in [0.717, 1.165) is 16.8 Å². The first-order valence-electron chi connectivity index (χ1n) is 11.1. The third-order valence-corrected chi connectivity index (χ3v) is 5.75. The van der Waals surface area contributed by atoms with E-state index in [9.17, 15) is 14.4 Å². The largest absolute Gasteiger partial charge is 0.321 e. The van der Waals surface area contributed by atoms with E-state index in [1.54, 1.807) is 23.0 Å². The molecular formula is C26H23N5O3. The molecule has 0 unspecified atom stereocenters. The van der Waals surface area contributed by atoms with Crippen LogP contribution in [0.5, 0.6) is 0 Å². The van der Waals surface area contributed by atoms with E-state index < -0.39 is 0 Å². The second kappa shape index (κ2) is 8.22. The van der Waals surface area contributed by atoms with Gasteiger partial charge in [0.25, 0.3) is 17.7 Å². The van der Waals surface area contributed by atoms with Gasteiger partial charge in [-0.05, 0) is 49.2 Å². The van der Waals surface area contributed by atoms with Crippen LogP contribution in [0.15, 0.2) is 60.8 Å². The Kier molecular flexibility index (Phi) is 5.20. The molecule has 1 aliphatic heterocycles. The van der Waals surface area contributed by atoms with Crippen LogP contribution in [0.4, 0.5) is 5.69 Å². The van der Waals surface area contributed by atoms with E-state index in [1.807, 2.05) is 57.2 Å². The minimum atomic E-state index is -0.389. The zero-order chi connectivity index (χ0) is 24.0. The van der Waals surface area contributed by atoms with Crippen LogP contribution in [0.2, 0.25) is 0 Å². The Hall–Kier alpha value is -4.33. The van der Waals surface area contributed by atoms with Gasteiger partial charge in [-0.1, -0.05) is 32.0 Å². The lowest BCUT2D eigenvalue weighted by molar-refractivity contribution is 0.0636. The van der Waals surface area contributed by atoms with Crippen LogP contribution < -0.4 is 5.32 Å². The minimum absolute atomic E-state index is 0.155. The van der Waals surface area contributed by atoms with Crippen LogP contribution in [0, 0.1) is 12.8 Å². The number of imide groups is 1. The standard InChI is InChI=1S/C26H23N5O3/c1-15(2)14-30-25(33)20-10-9-17(11-22(20)26(30)34)24(32)28-18-12-21-16(3)29-31(23(21)27-13-18)19-7-5-4-6-8-19/h4-13,15H,14H2,1-3H3,(H,28,32). The summed E-state index contributed by atoms with van der Waals surface area (Å²) >= 11 is 0. The van der Waals surface area contributed by atoms with E-state index in [-0.39, 0.29) is 29.2 Å². The number of amides is 3. The van der Waals surface area contributed by atoms with Crippen molar-refractivity contribution in [2.24, 2.45) is 5.92 Å². The van der Waals surface area contributed by atoms with Crippen molar-refractivity contribution in [3.05, 3.63) is 83.2 Å². The van der Waals surface area contributed by atoms with Crippen LogP contribution in [0.25, 0.3) is 16.7 Å². The first kappa shape index (κ1) is 21.5. The molecule has 0 radical (unpaired) electrons. The summed E-state index contributed by atoms with van der Waals surface area (Å²) in [4.78, 5) is 44.0. The molecule has 0 fully saturated rings. The topological polar surface area (TPSA) is 97.2 Å². The lowest BCUT2D eigenvalue weighted by atomic mass is 10.1. The zero-order valence-corrected chi connectivity index (χ0v) is 19.1. The smallest absolute Gasteiger partial charge is 0.261 e. The summed E-state index contributed by atoms with van der Waals surface area (Å²) in [6.45, 7) is 6.12. The zero-order valence-electron chi connectivity index (χ0n) is 19.1. The van der Waals surface area contributed by atoms with Gasteiger partial charge >= 0.3 is 0 Å². The Balaban J connectivity index is 1.41. The Morgan fingerprint density at radius 3 is 2.47 bits per heavy atom. The number of para-hydroxylation sites is 1. The fraction of sp³-hybridized carbons (Fsp3) is 0.192. The van der Waals surface area contributed by atoms with E-state index >= 15 is 0 Å². The highest BCUT2D eigenvalue weighted by atomic mass is 16.2. The molecule has 8 heteroatoms. The molecule has 3 amide bonds. The lowest BCUT2D eigenvalue weighted by Crippen LogP contribution is -2.33. The number of anilines is 1. The van der Waals surface area contributed by atoms with E-state index in [2.05, 4.69) is 15.4 Å². The molecule has 0 aliphatic carbocycles. The van der Waals surface area contributed by atoms with Crippen LogP contribution in [0.3, 0.4) is 0 Å². The van der Waals surface area contributed by atoms with Gasteiger partial charge in [-0.25, -0.2) is 9.67 Å². The summed E-state index contributed by atoms with van der Waals surface area (Å²) in [6.07, 6.45) is 1.58. The number of nitrogens with one attached hydrogen (secondary N) is 1. The number of pyridine rings is 1.